The summed E-state index contributed by atoms with van der Waals surface area (Å²) in [4.78, 5) is 13.2. The second kappa shape index (κ2) is 12.2. The third-order valence-corrected chi connectivity index (χ3v) is 10.5. The predicted molar refractivity (Wildman–Crippen MR) is 221 cm³/mol. The highest BCUT2D eigenvalue weighted by atomic mass is 16.4. The number of hydrogen-bond acceptors (Lipinski definition) is 4. The lowest BCUT2D eigenvalue weighted by Gasteiger charge is -2.15. The molecule has 0 amide bonds. The molecule has 0 unspecified atom stereocenters. The van der Waals surface area contributed by atoms with Crippen molar-refractivity contribution in [2.45, 2.75) is 0 Å². The maximum absolute atomic E-state index is 7.34. The molecule has 0 bridgehead atoms. The molecule has 0 N–H and O–H groups in total. The van der Waals surface area contributed by atoms with E-state index in [9.17, 15) is 0 Å². The SMILES string of the molecule is [C-]#[N+]c1ccc(-c2cccc(-c3ccc(-n4c5ccc(-c6nc7ccccc7o6)cc5c5cc(-c6nc7ccccc7o6)ccc54)c4ccccc34)c2)cc1. The molecule has 256 valence electrons. The molecule has 0 saturated heterocycles. The van der Waals surface area contributed by atoms with Crippen LogP contribution in [0.4, 0.5) is 5.69 Å². The second-order valence-electron chi connectivity index (χ2n) is 13.7. The van der Waals surface area contributed by atoms with Gasteiger partial charge in [-0.25, -0.2) is 14.8 Å². The highest BCUT2D eigenvalue weighted by molar-refractivity contribution is 6.13. The number of hydrogen-bond donors (Lipinski definition) is 0. The first-order chi connectivity index (χ1) is 27.2. The smallest absolute Gasteiger partial charge is 0.227 e. The standard InChI is InChI=1S/C49H28N4O2/c1-50-35-21-17-30(18-22-35)31-9-8-10-32(27-31)36-23-26-43(38-12-3-2-11-37(36)38)53-44-24-19-33(48-51-41-13-4-6-15-46(41)54-48)28-39(44)40-29-34(20-25-45(40)53)49-52-42-14-5-7-16-47(42)55-49/h2-29H. The normalized spacial score (nSPS) is 11.6. The second-order valence-corrected chi connectivity index (χ2v) is 13.7. The van der Waals surface area contributed by atoms with Crippen LogP contribution in [0.3, 0.4) is 0 Å². The number of oxazole rings is 2. The molecule has 0 aliphatic heterocycles. The van der Waals surface area contributed by atoms with Gasteiger partial charge < -0.3 is 13.4 Å². The summed E-state index contributed by atoms with van der Waals surface area (Å²) in [6.45, 7) is 7.34. The van der Waals surface area contributed by atoms with Crippen molar-refractivity contribution in [3.63, 3.8) is 0 Å². The van der Waals surface area contributed by atoms with Crippen LogP contribution in [-0.4, -0.2) is 14.5 Å². The lowest BCUT2D eigenvalue weighted by atomic mass is 9.94. The van der Waals surface area contributed by atoms with Gasteiger partial charge in [0, 0.05) is 27.3 Å². The van der Waals surface area contributed by atoms with E-state index in [0.29, 0.717) is 17.5 Å². The van der Waals surface area contributed by atoms with Gasteiger partial charge in [0.05, 0.1) is 23.3 Å². The third-order valence-electron chi connectivity index (χ3n) is 10.5. The summed E-state index contributed by atoms with van der Waals surface area (Å²) in [5, 5.41) is 4.42. The summed E-state index contributed by atoms with van der Waals surface area (Å²) in [5.74, 6) is 1.16. The number of aromatic nitrogens is 3. The fourth-order valence-corrected chi connectivity index (χ4v) is 7.86. The number of nitrogens with zero attached hydrogens (tertiary/aromatic N) is 4. The van der Waals surface area contributed by atoms with Gasteiger partial charge in [-0.15, -0.1) is 0 Å². The molecule has 55 heavy (non-hydrogen) atoms. The number of para-hydroxylation sites is 4. The zero-order chi connectivity index (χ0) is 36.5. The van der Waals surface area contributed by atoms with Gasteiger partial charge in [0.25, 0.3) is 0 Å². The van der Waals surface area contributed by atoms with Crippen LogP contribution in [-0.2, 0) is 0 Å². The minimum Gasteiger partial charge on any atom is -0.436 e. The summed E-state index contributed by atoms with van der Waals surface area (Å²) >= 11 is 0. The zero-order valence-electron chi connectivity index (χ0n) is 29.3. The van der Waals surface area contributed by atoms with Crippen molar-refractivity contribution in [1.29, 1.82) is 0 Å². The summed E-state index contributed by atoms with van der Waals surface area (Å²) in [6.07, 6.45) is 0. The fourth-order valence-electron chi connectivity index (χ4n) is 7.86. The van der Waals surface area contributed by atoms with Crippen LogP contribution < -0.4 is 0 Å². The topological polar surface area (TPSA) is 61.4 Å². The van der Waals surface area contributed by atoms with Gasteiger partial charge in [-0.1, -0.05) is 97.1 Å². The lowest BCUT2D eigenvalue weighted by molar-refractivity contribution is 0.619. The van der Waals surface area contributed by atoms with E-state index in [2.05, 4.69) is 106 Å². The molecular formula is C49H28N4O2. The minimum atomic E-state index is 0.582. The van der Waals surface area contributed by atoms with Gasteiger partial charge in [-0.3, -0.25) is 0 Å². The Bertz CT molecular complexity index is 3140. The van der Waals surface area contributed by atoms with Crippen molar-refractivity contribution in [3.8, 4) is 50.8 Å². The van der Waals surface area contributed by atoms with Crippen molar-refractivity contribution in [2.75, 3.05) is 0 Å². The van der Waals surface area contributed by atoms with Gasteiger partial charge in [-0.2, -0.15) is 0 Å². The fraction of sp³-hybridized carbons (Fsp3) is 0. The van der Waals surface area contributed by atoms with Crippen LogP contribution in [0.5, 0.6) is 0 Å². The van der Waals surface area contributed by atoms with Gasteiger partial charge >= 0.3 is 0 Å². The van der Waals surface area contributed by atoms with Crippen molar-refractivity contribution in [3.05, 3.63) is 181 Å². The van der Waals surface area contributed by atoms with E-state index in [1.165, 1.54) is 0 Å². The van der Waals surface area contributed by atoms with Crippen LogP contribution in [0.2, 0.25) is 0 Å². The molecule has 0 spiro atoms. The third kappa shape index (κ3) is 5.02. The predicted octanol–water partition coefficient (Wildman–Crippen LogP) is 13.4. The molecule has 0 aliphatic rings. The Morgan fingerprint density at radius 2 is 1.00 bits per heavy atom. The van der Waals surface area contributed by atoms with E-state index in [1.54, 1.807) is 0 Å². The van der Waals surface area contributed by atoms with E-state index in [4.69, 9.17) is 25.4 Å². The Balaban J connectivity index is 1.11. The number of benzene rings is 8. The van der Waals surface area contributed by atoms with E-state index in [0.717, 1.165) is 93.8 Å². The molecule has 0 radical (unpaired) electrons. The molecule has 11 rings (SSSR count). The van der Waals surface area contributed by atoms with Crippen molar-refractivity contribution in [2.24, 2.45) is 0 Å². The van der Waals surface area contributed by atoms with Gasteiger partial charge in [0.1, 0.15) is 11.0 Å². The quantitative estimate of drug-likeness (QED) is 0.167. The number of fused-ring (bicyclic) bond motifs is 6. The maximum Gasteiger partial charge on any atom is 0.227 e. The van der Waals surface area contributed by atoms with E-state index in [1.807, 2.05) is 72.8 Å². The molecule has 3 heterocycles. The first kappa shape index (κ1) is 30.8. The van der Waals surface area contributed by atoms with Crippen molar-refractivity contribution in [1.82, 2.24) is 14.5 Å². The largest absolute Gasteiger partial charge is 0.436 e. The van der Waals surface area contributed by atoms with Crippen LogP contribution in [0.1, 0.15) is 0 Å². The molecule has 0 atom stereocenters. The van der Waals surface area contributed by atoms with E-state index < -0.39 is 0 Å². The summed E-state index contributed by atoms with van der Waals surface area (Å²) in [6, 6.07) is 58.1. The summed E-state index contributed by atoms with van der Waals surface area (Å²) < 4.78 is 14.8. The Morgan fingerprint density at radius 1 is 0.436 bits per heavy atom. The maximum atomic E-state index is 7.34. The minimum absolute atomic E-state index is 0.582. The van der Waals surface area contributed by atoms with Gasteiger partial charge in [0.15, 0.2) is 16.9 Å². The van der Waals surface area contributed by atoms with Crippen LogP contribution in [0.15, 0.2) is 179 Å². The lowest BCUT2D eigenvalue weighted by Crippen LogP contribution is -1.96. The molecule has 6 nitrogen and oxygen atoms in total. The Morgan fingerprint density at radius 3 is 1.62 bits per heavy atom. The molecule has 8 aromatic carbocycles. The molecule has 0 saturated carbocycles. The summed E-state index contributed by atoms with van der Waals surface area (Å²) in [5.41, 5.74) is 13.3. The van der Waals surface area contributed by atoms with Gasteiger partial charge in [0.2, 0.25) is 11.8 Å². The average Bonchev–Trinajstić information content (AvgIpc) is 3.97. The number of rotatable bonds is 5. The molecular weight excluding hydrogens is 677 g/mol. The highest BCUT2D eigenvalue weighted by Gasteiger charge is 2.20. The molecule has 0 aliphatic carbocycles. The molecule has 0 fully saturated rings. The Labute approximate surface area is 315 Å². The highest BCUT2D eigenvalue weighted by Crippen LogP contribution is 2.41. The van der Waals surface area contributed by atoms with Crippen molar-refractivity contribution >= 4 is 60.5 Å². The first-order valence-corrected chi connectivity index (χ1v) is 18.1. The van der Waals surface area contributed by atoms with Crippen LogP contribution >= 0.6 is 0 Å². The molecule has 6 heteroatoms. The van der Waals surface area contributed by atoms with Crippen LogP contribution in [0.25, 0.3) is 110 Å². The monoisotopic (exact) mass is 704 g/mol. The Hall–Kier alpha value is -7.75. The van der Waals surface area contributed by atoms with E-state index >= 15 is 0 Å². The van der Waals surface area contributed by atoms with Gasteiger partial charge in [-0.05, 0) is 100 Å². The average molecular weight is 705 g/mol. The van der Waals surface area contributed by atoms with Crippen molar-refractivity contribution < 1.29 is 8.83 Å². The molecule has 3 aromatic heterocycles. The van der Waals surface area contributed by atoms with Crippen LogP contribution in [0, 0.1) is 6.57 Å². The molecule has 11 aromatic rings. The Kier molecular flexibility index (Phi) is 6.82. The first-order valence-electron chi connectivity index (χ1n) is 18.1. The van der Waals surface area contributed by atoms with E-state index in [-0.39, 0.29) is 0 Å². The summed E-state index contributed by atoms with van der Waals surface area (Å²) in [7, 11) is 0. The zero-order valence-corrected chi connectivity index (χ0v) is 29.3.